The lowest BCUT2D eigenvalue weighted by molar-refractivity contribution is -0.0500. The summed E-state index contributed by atoms with van der Waals surface area (Å²) < 4.78 is 63.4. The van der Waals surface area contributed by atoms with E-state index in [-0.39, 0.29) is 16.1 Å². The molecule has 114 valence electrons. The van der Waals surface area contributed by atoms with E-state index in [9.17, 15) is 26.4 Å². The molecule has 0 N–H and O–H groups in total. The average Bonchev–Trinajstić information content (AvgIpc) is 2.32. The maximum atomic E-state index is 12.4. The van der Waals surface area contributed by atoms with Crippen LogP contribution in [0.2, 0.25) is 5.02 Å². The highest BCUT2D eigenvalue weighted by molar-refractivity contribution is 7.88. The van der Waals surface area contributed by atoms with Crippen LogP contribution in [0.4, 0.5) is 13.2 Å². The Labute approximate surface area is 124 Å². The first-order valence-corrected chi connectivity index (χ1v) is 7.02. The van der Waals surface area contributed by atoms with Crippen molar-refractivity contribution in [3.05, 3.63) is 27.8 Å². The van der Waals surface area contributed by atoms with E-state index in [1.165, 1.54) is 6.92 Å². The number of ketones is 1. The monoisotopic (exact) mass is 340 g/mol. The summed E-state index contributed by atoms with van der Waals surface area (Å²) in [5.41, 5.74) is -6.32. The maximum Gasteiger partial charge on any atom is 0.534 e. The van der Waals surface area contributed by atoms with Gasteiger partial charge in [-0.3, -0.25) is 4.79 Å². The van der Waals surface area contributed by atoms with Gasteiger partial charge in [-0.15, -0.1) is 6.42 Å². The van der Waals surface area contributed by atoms with Gasteiger partial charge < -0.3 is 4.18 Å². The molecule has 0 aliphatic carbocycles. The van der Waals surface area contributed by atoms with Gasteiger partial charge in [-0.25, -0.2) is 0 Å². The Morgan fingerprint density at radius 1 is 1.43 bits per heavy atom. The van der Waals surface area contributed by atoms with E-state index < -0.39 is 32.7 Å². The number of hydrogen-bond acceptors (Lipinski definition) is 4. The lowest BCUT2D eigenvalue weighted by Crippen LogP contribution is -2.29. The molecule has 1 aromatic rings. The van der Waals surface area contributed by atoms with E-state index in [1.807, 2.05) is 5.92 Å². The number of carbonyl (C=O) groups is 1. The topological polar surface area (TPSA) is 60.4 Å². The van der Waals surface area contributed by atoms with Gasteiger partial charge in [-0.05, 0) is 25.5 Å². The molecule has 21 heavy (non-hydrogen) atoms. The van der Waals surface area contributed by atoms with Crippen molar-refractivity contribution in [2.45, 2.75) is 19.4 Å². The zero-order valence-corrected chi connectivity index (χ0v) is 12.3. The highest BCUT2D eigenvalue weighted by atomic mass is 35.5. The summed E-state index contributed by atoms with van der Waals surface area (Å²) in [6.45, 7) is 2.36. The van der Waals surface area contributed by atoms with Crippen LogP contribution >= 0.6 is 11.6 Å². The van der Waals surface area contributed by atoms with Gasteiger partial charge in [0.05, 0.1) is 11.1 Å². The smallest absolute Gasteiger partial charge is 0.374 e. The molecular formula is C12H8ClF3O4S. The Morgan fingerprint density at radius 2 is 1.95 bits per heavy atom. The molecule has 0 fully saturated rings. The van der Waals surface area contributed by atoms with E-state index in [1.54, 1.807) is 0 Å². The van der Waals surface area contributed by atoms with Crippen LogP contribution in [-0.4, -0.2) is 19.7 Å². The summed E-state index contributed by atoms with van der Waals surface area (Å²) in [5, 5.41) is 0.00454. The van der Waals surface area contributed by atoms with Gasteiger partial charge in [-0.1, -0.05) is 17.5 Å². The minimum atomic E-state index is -5.96. The number of hydrogen-bond donors (Lipinski definition) is 0. The van der Waals surface area contributed by atoms with E-state index in [2.05, 4.69) is 4.18 Å². The maximum absolute atomic E-state index is 12.4. The van der Waals surface area contributed by atoms with E-state index in [0.29, 0.717) is 0 Å². The highest BCUT2D eigenvalue weighted by Gasteiger charge is 2.49. The van der Waals surface area contributed by atoms with E-state index >= 15 is 0 Å². The van der Waals surface area contributed by atoms with Crippen molar-refractivity contribution in [1.29, 1.82) is 0 Å². The molecule has 0 saturated heterocycles. The van der Waals surface area contributed by atoms with Crippen LogP contribution in [0.5, 0.6) is 5.75 Å². The van der Waals surface area contributed by atoms with Crippen LogP contribution < -0.4 is 4.18 Å². The largest absolute Gasteiger partial charge is 0.534 e. The zero-order valence-electron chi connectivity index (χ0n) is 10.7. The average molecular weight is 341 g/mol. The quantitative estimate of drug-likeness (QED) is 0.367. The molecule has 0 amide bonds. The van der Waals surface area contributed by atoms with Crippen LogP contribution in [0.15, 0.2) is 6.07 Å². The second kappa shape index (κ2) is 5.58. The van der Waals surface area contributed by atoms with Crippen LogP contribution in [0.1, 0.15) is 28.4 Å². The molecule has 0 aromatic heterocycles. The predicted molar refractivity (Wildman–Crippen MR) is 69.7 cm³/mol. The Balaban J connectivity index is 3.67. The molecule has 0 atom stereocenters. The van der Waals surface area contributed by atoms with Crippen molar-refractivity contribution in [1.82, 2.24) is 0 Å². The van der Waals surface area contributed by atoms with Gasteiger partial charge in [0.15, 0.2) is 11.5 Å². The van der Waals surface area contributed by atoms with Crippen LogP contribution in [0.25, 0.3) is 0 Å². The Morgan fingerprint density at radius 3 is 2.33 bits per heavy atom. The molecule has 1 aromatic carbocycles. The second-order valence-corrected chi connectivity index (χ2v) is 5.86. The van der Waals surface area contributed by atoms with Gasteiger partial charge in [0.25, 0.3) is 0 Å². The third-order valence-corrected chi connectivity index (χ3v) is 3.82. The van der Waals surface area contributed by atoms with E-state index in [0.717, 1.165) is 13.0 Å². The molecule has 0 heterocycles. The summed E-state index contributed by atoms with van der Waals surface area (Å²) in [4.78, 5) is 11.5. The van der Waals surface area contributed by atoms with Gasteiger partial charge in [-0.2, -0.15) is 21.6 Å². The summed E-state index contributed by atoms with van der Waals surface area (Å²) in [6, 6.07) is 1.00. The molecule has 0 bridgehead atoms. The number of benzene rings is 1. The first-order valence-electron chi connectivity index (χ1n) is 5.23. The van der Waals surface area contributed by atoms with Gasteiger partial charge in [0.1, 0.15) is 0 Å². The fraction of sp³-hybridized carbons (Fsp3) is 0.250. The minimum Gasteiger partial charge on any atom is -0.374 e. The SMILES string of the molecule is C#Cc1c(C)c(Cl)cc(C(C)=O)c1OS(=O)(=O)C(F)(F)F. The third-order valence-electron chi connectivity index (χ3n) is 2.48. The van der Waals surface area contributed by atoms with E-state index in [4.69, 9.17) is 18.0 Å². The van der Waals surface area contributed by atoms with Crippen molar-refractivity contribution in [3.8, 4) is 18.1 Å². The Kier molecular flexibility index (Phi) is 4.60. The van der Waals surface area contributed by atoms with Crippen molar-refractivity contribution >= 4 is 27.5 Å². The zero-order chi connectivity index (χ0) is 16.6. The second-order valence-electron chi connectivity index (χ2n) is 3.92. The third kappa shape index (κ3) is 3.31. The molecule has 0 aliphatic rings. The van der Waals surface area contributed by atoms with Crippen molar-refractivity contribution < 1.29 is 30.6 Å². The lowest BCUT2D eigenvalue weighted by atomic mass is 10.0. The summed E-state index contributed by atoms with van der Waals surface area (Å²) in [6.07, 6.45) is 5.14. The number of carbonyl (C=O) groups excluding carboxylic acids is 1. The molecule has 9 heteroatoms. The molecule has 1 rings (SSSR count). The number of halogens is 4. The first kappa shape index (κ1) is 17.3. The fourth-order valence-electron chi connectivity index (χ4n) is 1.40. The minimum absolute atomic E-state index is 0.00454. The normalized spacial score (nSPS) is 11.9. The standard InChI is InChI=1S/C12H8ClF3O4S/c1-4-8-6(2)10(13)5-9(7(3)17)11(8)20-21(18,19)12(14,15)16/h1,5H,2-3H3. The van der Waals surface area contributed by atoms with Crippen LogP contribution in [-0.2, 0) is 10.1 Å². The Bertz CT molecular complexity index is 745. The fourth-order valence-corrected chi connectivity index (χ4v) is 2.09. The van der Waals surface area contributed by atoms with Gasteiger partial charge >= 0.3 is 15.6 Å². The molecule has 4 nitrogen and oxygen atoms in total. The van der Waals surface area contributed by atoms with Gasteiger partial charge in [0.2, 0.25) is 0 Å². The number of Topliss-reactive ketones (excluding diaryl/α,β-unsaturated/α-hetero) is 1. The van der Waals surface area contributed by atoms with Crippen molar-refractivity contribution in [3.63, 3.8) is 0 Å². The summed E-state index contributed by atoms with van der Waals surface area (Å²) in [5.74, 6) is 0.374. The molecule has 0 aliphatic heterocycles. The number of terminal acetylenes is 1. The van der Waals surface area contributed by atoms with Crippen molar-refractivity contribution in [2.75, 3.05) is 0 Å². The molecular weight excluding hydrogens is 333 g/mol. The van der Waals surface area contributed by atoms with Crippen LogP contribution in [0, 0.1) is 19.3 Å². The summed E-state index contributed by atoms with van der Waals surface area (Å²) >= 11 is 5.80. The molecule has 0 saturated carbocycles. The number of alkyl halides is 3. The lowest BCUT2D eigenvalue weighted by Gasteiger charge is -2.15. The van der Waals surface area contributed by atoms with Crippen LogP contribution in [0.3, 0.4) is 0 Å². The van der Waals surface area contributed by atoms with Gasteiger partial charge in [0, 0.05) is 5.02 Å². The molecule has 0 spiro atoms. The van der Waals surface area contributed by atoms with Crippen molar-refractivity contribution in [2.24, 2.45) is 0 Å². The number of rotatable bonds is 3. The Hall–Kier alpha value is -1.72. The summed E-state index contributed by atoms with van der Waals surface area (Å²) in [7, 11) is -5.96. The highest BCUT2D eigenvalue weighted by Crippen LogP contribution is 2.36. The molecule has 0 radical (unpaired) electrons. The predicted octanol–water partition coefficient (Wildman–Crippen LogP) is 3.06. The first-order chi connectivity index (χ1) is 9.42. The molecule has 0 unspecified atom stereocenters.